The van der Waals surface area contributed by atoms with E-state index in [0.717, 1.165) is 12.1 Å². The Morgan fingerprint density at radius 2 is 1.89 bits per heavy atom. The summed E-state index contributed by atoms with van der Waals surface area (Å²) in [5.74, 6) is 0. The number of hydrogen-bond donors (Lipinski definition) is 1. The summed E-state index contributed by atoms with van der Waals surface area (Å²) in [6.45, 7) is 5.00. The van der Waals surface area contributed by atoms with Crippen LogP contribution < -0.4 is 5.32 Å². The molecule has 1 N–H and O–H groups in total. The van der Waals surface area contributed by atoms with Crippen LogP contribution >= 0.6 is 46.1 Å². The van der Waals surface area contributed by atoms with Crippen LogP contribution in [-0.2, 0) is 6.54 Å². The van der Waals surface area contributed by atoms with Gasteiger partial charge in [-0.1, -0.05) is 40.9 Å². The number of rotatable bonds is 4. The molecule has 2 rings (SSSR count). The standard InChI is InChI=1S/C14H14Cl3NS/c1-8-5-6-19-12(8)7-18-9(2)10-3-4-11(15)14(17)13(10)16/h3-6,9,18H,7H2,1-2H3. The van der Waals surface area contributed by atoms with Gasteiger partial charge < -0.3 is 5.32 Å². The van der Waals surface area contributed by atoms with Crippen molar-refractivity contribution in [1.29, 1.82) is 0 Å². The van der Waals surface area contributed by atoms with Crippen LogP contribution in [0.15, 0.2) is 23.6 Å². The molecule has 0 aliphatic carbocycles. The Balaban J connectivity index is 2.10. The molecule has 0 bridgehead atoms. The van der Waals surface area contributed by atoms with Crippen molar-refractivity contribution in [2.45, 2.75) is 26.4 Å². The van der Waals surface area contributed by atoms with E-state index in [1.54, 1.807) is 17.4 Å². The van der Waals surface area contributed by atoms with Crippen LogP contribution in [0.5, 0.6) is 0 Å². The van der Waals surface area contributed by atoms with Crippen LogP contribution in [0.4, 0.5) is 0 Å². The first-order valence-electron chi connectivity index (χ1n) is 5.90. The fourth-order valence-electron chi connectivity index (χ4n) is 1.82. The molecule has 102 valence electrons. The van der Waals surface area contributed by atoms with E-state index in [9.17, 15) is 0 Å². The monoisotopic (exact) mass is 333 g/mol. The smallest absolute Gasteiger partial charge is 0.0781 e. The predicted molar refractivity (Wildman–Crippen MR) is 85.8 cm³/mol. The molecule has 2 aromatic rings. The molecule has 0 radical (unpaired) electrons. The molecule has 0 aliphatic rings. The molecule has 1 unspecified atom stereocenters. The average Bonchev–Trinajstić information content (AvgIpc) is 2.79. The van der Waals surface area contributed by atoms with Crippen molar-refractivity contribution >= 4 is 46.1 Å². The van der Waals surface area contributed by atoms with Gasteiger partial charge in [0.1, 0.15) is 0 Å². The minimum Gasteiger partial charge on any atom is -0.305 e. The van der Waals surface area contributed by atoms with Crippen LogP contribution in [-0.4, -0.2) is 0 Å². The van der Waals surface area contributed by atoms with Crippen LogP contribution in [0.3, 0.4) is 0 Å². The third-order valence-electron chi connectivity index (χ3n) is 3.07. The van der Waals surface area contributed by atoms with Gasteiger partial charge in [-0.3, -0.25) is 0 Å². The minimum atomic E-state index is 0.115. The highest BCUT2D eigenvalue weighted by molar-refractivity contribution is 7.10. The number of hydrogen-bond acceptors (Lipinski definition) is 2. The number of thiophene rings is 1. The van der Waals surface area contributed by atoms with Crippen LogP contribution in [0.1, 0.15) is 29.0 Å². The Morgan fingerprint density at radius 1 is 1.16 bits per heavy atom. The molecule has 0 saturated heterocycles. The maximum atomic E-state index is 6.23. The molecule has 0 aliphatic heterocycles. The Hall–Kier alpha value is -0.250. The molecule has 0 saturated carbocycles. The van der Waals surface area contributed by atoms with Gasteiger partial charge in [0.05, 0.1) is 15.1 Å². The Labute approximate surface area is 132 Å². The lowest BCUT2D eigenvalue weighted by molar-refractivity contribution is 0.578. The van der Waals surface area contributed by atoms with E-state index < -0.39 is 0 Å². The summed E-state index contributed by atoms with van der Waals surface area (Å²) in [7, 11) is 0. The molecule has 1 heterocycles. The second kappa shape index (κ2) is 6.47. The van der Waals surface area contributed by atoms with Crippen molar-refractivity contribution in [2.24, 2.45) is 0 Å². The zero-order valence-corrected chi connectivity index (χ0v) is 13.7. The fourth-order valence-corrected chi connectivity index (χ4v) is 3.38. The second-order valence-corrected chi connectivity index (χ2v) is 6.56. The lowest BCUT2D eigenvalue weighted by Gasteiger charge is -2.16. The summed E-state index contributed by atoms with van der Waals surface area (Å²) in [6.07, 6.45) is 0. The van der Waals surface area contributed by atoms with E-state index in [-0.39, 0.29) is 6.04 Å². The largest absolute Gasteiger partial charge is 0.305 e. The van der Waals surface area contributed by atoms with Crippen LogP contribution in [0.2, 0.25) is 15.1 Å². The average molecular weight is 335 g/mol. The van der Waals surface area contributed by atoms with Crippen molar-refractivity contribution in [3.05, 3.63) is 54.7 Å². The first kappa shape index (κ1) is 15.1. The molecule has 1 nitrogen and oxygen atoms in total. The topological polar surface area (TPSA) is 12.0 Å². The van der Waals surface area contributed by atoms with Gasteiger partial charge in [-0.15, -0.1) is 11.3 Å². The molecule has 0 fully saturated rings. The van der Waals surface area contributed by atoms with E-state index in [2.05, 4.69) is 30.6 Å². The van der Waals surface area contributed by atoms with Gasteiger partial charge in [-0.25, -0.2) is 0 Å². The minimum absolute atomic E-state index is 0.115. The quantitative estimate of drug-likeness (QED) is 0.690. The molecule has 5 heteroatoms. The highest BCUT2D eigenvalue weighted by Gasteiger charge is 2.14. The first-order chi connectivity index (χ1) is 9.00. The van der Waals surface area contributed by atoms with Crippen molar-refractivity contribution in [1.82, 2.24) is 5.32 Å². The van der Waals surface area contributed by atoms with Gasteiger partial charge in [-0.05, 0) is 42.5 Å². The van der Waals surface area contributed by atoms with Gasteiger partial charge in [0.15, 0.2) is 0 Å². The van der Waals surface area contributed by atoms with Crippen molar-refractivity contribution in [2.75, 3.05) is 0 Å². The first-order valence-corrected chi connectivity index (χ1v) is 7.91. The number of nitrogens with one attached hydrogen (secondary N) is 1. The summed E-state index contributed by atoms with van der Waals surface area (Å²) in [5, 5.41) is 6.98. The normalized spacial score (nSPS) is 12.7. The SMILES string of the molecule is Cc1ccsc1CNC(C)c1ccc(Cl)c(Cl)c1Cl. The summed E-state index contributed by atoms with van der Waals surface area (Å²) >= 11 is 20.0. The third kappa shape index (κ3) is 3.45. The summed E-state index contributed by atoms with van der Waals surface area (Å²) in [6, 6.07) is 5.93. The van der Waals surface area contributed by atoms with Crippen molar-refractivity contribution < 1.29 is 0 Å². The Kier molecular flexibility index (Phi) is 5.15. The Bertz CT molecular complexity index is 580. The molecule has 0 amide bonds. The Morgan fingerprint density at radius 3 is 2.53 bits per heavy atom. The second-order valence-electron chi connectivity index (χ2n) is 4.39. The zero-order chi connectivity index (χ0) is 14.0. The highest BCUT2D eigenvalue weighted by Crippen LogP contribution is 2.35. The maximum Gasteiger partial charge on any atom is 0.0781 e. The van der Waals surface area contributed by atoms with Gasteiger partial charge in [-0.2, -0.15) is 0 Å². The number of halogens is 3. The van der Waals surface area contributed by atoms with E-state index in [4.69, 9.17) is 34.8 Å². The third-order valence-corrected chi connectivity index (χ3v) is 5.40. The van der Waals surface area contributed by atoms with Crippen molar-refractivity contribution in [3.8, 4) is 0 Å². The molecule has 0 spiro atoms. The van der Waals surface area contributed by atoms with Gasteiger partial charge >= 0.3 is 0 Å². The molecule has 1 aromatic carbocycles. The molecular formula is C14H14Cl3NS. The zero-order valence-electron chi connectivity index (χ0n) is 10.6. The van der Waals surface area contributed by atoms with E-state index in [0.29, 0.717) is 15.1 Å². The molecular weight excluding hydrogens is 321 g/mol. The van der Waals surface area contributed by atoms with E-state index >= 15 is 0 Å². The fraction of sp³-hybridized carbons (Fsp3) is 0.286. The molecule has 19 heavy (non-hydrogen) atoms. The van der Waals surface area contributed by atoms with Gasteiger partial charge in [0.25, 0.3) is 0 Å². The lowest BCUT2D eigenvalue weighted by atomic mass is 10.1. The molecule has 1 aromatic heterocycles. The predicted octanol–water partition coefficient (Wildman–Crippen LogP) is 5.87. The van der Waals surface area contributed by atoms with E-state index in [1.165, 1.54) is 10.4 Å². The van der Waals surface area contributed by atoms with E-state index in [1.807, 2.05) is 6.07 Å². The number of benzene rings is 1. The van der Waals surface area contributed by atoms with Crippen LogP contribution in [0.25, 0.3) is 0 Å². The summed E-state index contributed by atoms with van der Waals surface area (Å²) < 4.78 is 0. The summed E-state index contributed by atoms with van der Waals surface area (Å²) in [5.41, 5.74) is 2.27. The van der Waals surface area contributed by atoms with Crippen molar-refractivity contribution in [3.63, 3.8) is 0 Å². The van der Waals surface area contributed by atoms with Crippen LogP contribution in [0, 0.1) is 6.92 Å². The maximum absolute atomic E-state index is 6.23. The van der Waals surface area contributed by atoms with Gasteiger partial charge in [0.2, 0.25) is 0 Å². The van der Waals surface area contributed by atoms with Gasteiger partial charge in [0, 0.05) is 17.5 Å². The number of aryl methyl sites for hydroxylation is 1. The molecule has 1 atom stereocenters. The highest BCUT2D eigenvalue weighted by atomic mass is 35.5. The summed E-state index contributed by atoms with van der Waals surface area (Å²) in [4.78, 5) is 1.34. The lowest BCUT2D eigenvalue weighted by Crippen LogP contribution is -2.18.